The van der Waals surface area contributed by atoms with Crippen molar-refractivity contribution in [1.29, 1.82) is 5.26 Å². The zero-order chi connectivity index (χ0) is 13.3. The second kappa shape index (κ2) is 4.53. The molecule has 0 aliphatic heterocycles. The Morgan fingerprint density at radius 2 is 2.17 bits per heavy atom. The Balaban J connectivity index is 2.31. The van der Waals surface area contributed by atoms with Gasteiger partial charge >= 0.3 is 0 Å². The van der Waals surface area contributed by atoms with Gasteiger partial charge in [-0.15, -0.1) is 0 Å². The van der Waals surface area contributed by atoms with Crippen molar-refractivity contribution in [1.82, 2.24) is 19.6 Å². The molecule has 0 N–H and O–H groups in total. The van der Waals surface area contributed by atoms with Gasteiger partial charge in [-0.25, -0.2) is 4.68 Å². The first-order valence-electron chi connectivity index (χ1n) is 5.68. The molecule has 0 aliphatic rings. The summed E-state index contributed by atoms with van der Waals surface area (Å²) in [4.78, 5) is 0. The Kier molecular flexibility index (Phi) is 3.06. The highest BCUT2D eigenvalue weighted by molar-refractivity contribution is 5.43. The number of nitriles is 1. The molecule has 0 fully saturated rings. The van der Waals surface area contributed by atoms with Crippen LogP contribution in [0.3, 0.4) is 0 Å². The lowest BCUT2D eigenvalue weighted by Crippen LogP contribution is -2.00. The molecule has 2 heterocycles. The van der Waals surface area contributed by atoms with Gasteiger partial charge in [0.15, 0.2) is 5.75 Å². The fourth-order valence-corrected chi connectivity index (χ4v) is 1.65. The predicted octanol–water partition coefficient (Wildman–Crippen LogP) is 2.17. The molecule has 94 valence electrons. The number of rotatable bonds is 3. The highest BCUT2D eigenvalue weighted by atomic mass is 16.5. The third-order valence-corrected chi connectivity index (χ3v) is 2.60. The number of ether oxygens (including phenoxy) is 1. The first-order chi connectivity index (χ1) is 8.52. The fourth-order valence-electron chi connectivity index (χ4n) is 1.65. The van der Waals surface area contributed by atoms with Crippen molar-refractivity contribution >= 4 is 0 Å². The maximum Gasteiger partial charge on any atom is 0.236 e. The van der Waals surface area contributed by atoms with Gasteiger partial charge in [0, 0.05) is 13.1 Å². The van der Waals surface area contributed by atoms with Crippen LogP contribution in [0.25, 0.3) is 0 Å². The van der Waals surface area contributed by atoms with Gasteiger partial charge < -0.3 is 4.74 Å². The van der Waals surface area contributed by atoms with E-state index >= 15 is 0 Å². The quantitative estimate of drug-likeness (QED) is 0.831. The average molecular weight is 245 g/mol. The van der Waals surface area contributed by atoms with E-state index in [1.807, 2.05) is 13.8 Å². The van der Waals surface area contributed by atoms with Crippen molar-refractivity contribution in [2.45, 2.75) is 26.8 Å². The average Bonchev–Trinajstić information content (AvgIpc) is 2.86. The van der Waals surface area contributed by atoms with E-state index in [-0.39, 0.29) is 6.04 Å². The van der Waals surface area contributed by atoms with Crippen molar-refractivity contribution in [2.75, 3.05) is 0 Å². The van der Waals surface area contributed by atoms with Gasteiger partial charge in [0.2, 0.25) is 5.88 Å². The zero-order valence-corrected chi connectivity index (χ0v) is 10.9. The number of aromatic nitrogens is 4. The van der Waals surface area contributed by atoms with Gasteiger partial charge in [-0.1, -0.05) is 0 Å². The number of nitrogens with zero attached hydrogens (tertiary/aromatic N) is 5. The highest BCUT2D eigenvalue weighted by Crippen LogP contribution is 2.26. The van der Waals surface area contributed by atoms with Crippen LogP contribution in [0.15, 0.2) is 12.4 Å². The highest BCUT2D eigenvalue weighted by Gasteiger charge is 2.16. The van der Waals surface area contributed by atoms with Crippen LogP contribution in [0, 0.1) is 18.3 Å². The molecule has 0 saturated heterocycles. The maximum atomic E-state index is 9.08. The molecule has 0 radical (unpaired) electrons. The molecular formula is C12H15N5O. The number of hydrogen-bond acceptors (Lipinski definition) is 4. The van der Waals surface area contributed by atoms with Gasteiger partial charge in [0.05, 0.1) is 18.1 Å². The normalized spacial score (nSPS) is 10.7. The minimum Gasteiger partial charge on any atom is -0.435 e. The molecule has 0 atom stereocenters. The summed E-state index contributed by atoms with van der Waals surface area (Å²) < 4.78 is 9.03. The SMILES string of the molecule is Cc1nn(C)c(Oc2cnn(C(C)C)c2)c1C#N. The van der Waals surface area contributed by atoms with E-state index in [0.29, 0.717) is 22.9 Å². The monoisotopic (exact) mass is 245 g/mol. The molecule has 6 nitrogen and oxygen atoms in total. The largest absolute Gasteiger partial charge is 0.435 e. The summed E-state index contributed by atoms with van der Waals surface area (Å²) in [5, 5.41) is 17.4. The van der Waals surface area contributed by atoms with Crippen LogP contribution in [0.5, 0.6) is 11.6 Å². The van der Waals surface area contributed by atoms with E-state index in [2.05, 4.69) is 16.3 Å². The van der Waals surface area contributed by atoms with Gasteiger partial charge in [-0.3, -0.25) is 4.68 Å². The van der Waals surface area contributed by atoms with Crippen LogP contribution in [0.1, 0.15) is 31.1 Å². The van der Waals surface area contributed by atoms with E-state index in [4.69, 9.17) is 10.00 Å². The number of aryl methyl sites for hydroxylation is 2. The van der Waals surface area contributed by atoms with Crippen LogP contribution in [-0.4, -0.2) is 19.6 Å². The maximum absolute atomic E-state index is 9.08. The molecule has 2 aromatic rings. The molecule has 0 spiro atoms. The molecule has 2 rings (SSSR count). The lowest BCUT2D eigenvalue weighted by molar-refractivity contribution is 0.427. The third kappa shape index (κ3) is 2.07. The van der Waals surface area contributed by atoms with Crippen LogP contribution in [-0.2, 0) is 7.05 Å². The lowest BCUT2D eigenvalue weighted by Gasteiger charge is -2.04. The summed E-state index contributed by atoms with van der Waals surface area (Å²) >= 11 is 0. The van der Waals surface area contributed by atoms with E-state index < -0.39 is 0 Å². The molecule has 6 heteroatoms. The molecule has 0 aromatic carbocycles. The summed E-state index contributed by atoms with van der Waals surface area (Å²) in [7, 11) is 1.75. The molecule has 0 amide bonds. The first-order valence-corrected chi connectivity index (χ1v) is 5.68. The van der Waals surface area contributed by atoms with Crippen molar-refractivity contribution in [2.24, 2.45) is 7.05 Å². The predicted molar refractivity (Wildman–Crippen MR) is 65.3 cm³/mol. The van der Waals surface area contributed by atoms with Crippen LogP contribution in [0.4, 0.5) is 0 Å². The van der Waals surface area contributed by atoms with E-state index in [0.717, 1.165) is 0 Å². The molecule has 0 aliphatic carbocycles. The van der Waals surface area contributed by atoms with Crippen molar-refractivity contribution < 1.29 is 4.74 Å². The Morgan fingerprint density at radius 1 is 1.44 bits per heavy atom. The molecular weight excluding hydrogens is 230 g/mol. The molecule has 18 heavy (non-hydrogen) atoms. The van der Waals surface area contributed by atoms with Gasteiger partial charge in [-0.2, -0.15) is 15.5 Å². The topological polar surface area (TPSA) is 68.7 Å². The van der Waals surface area contributed by atoms with E-state index in [1.165, 1.54) is 0 Å². The fraction of sp³-hybridized carbons (Fsp3) is 0.417. The van der Waals surface area contributed by atoms with Crippen molar-refractivity contribution in [3.63, 3.8) is 0 Å². The smallest absolute Gasteiger partial charge is 0.236 e. The first kappa shape index (κ1) is 12.2. The molecule has 0 unspecified atom stereocenters. The lowest BCUT2D eigenvalue weighted by atomic mass is 10.3. The van der Waals surface area contributed by atoms with E-state index in [9.17, 15) is 0 Å². The summed E-state index contributed by atoms with van der Waals surface area (Å²) in [6.07, 6.45) is 3.43. The minimum atomic E-state index is 0.270. The molecule has 0 saturated carbocycles. The van der Waals surface area contributed by atoms with Crippen LogP contribution < -0.4 is 4.74 Å². The summed E-state index contributed by atoms with van der Waals surface area (Å²) in [6, 6.07) is 2.37. The van der Waals surface area contributed by atoms with Crippen LogP contribution in [0.2, 0.25) is 0 Å². The minimum absolute atomic E-state index is 0.270. The third-order valence-electron chi connectivity index (χ3n) is 2.60. The Bertz CT molecular complexity index is 603. The summed E-state index contributed by atoms with van der Waals surface area (Å²) in [5.41, 5.74) is 1.11. The second-order valence-electron chi connectivity index (χ2n) is 4.35. The van der Waals surface area contributed by atoms with Gasteiger partial charge in [0.25, 0.3) is 0 Å². The Morgan fingerprint density at radius 3 is 2.72 bits per heavy atom. The zero-order valence-electron chi connectivity index (χ0n) is 10.9. The standard InChI is InChI=1S/C12H15N5O/c1-8(2)17-7-10(6-14-17)18-12-11(5-13)9(3)15-16(12)4/h6-8H,1-4H3. The van der Waals surface area contributed by atoms with Gasteiger partial charge in [-0.05, 0) is 20.8 Å². The van der Waals surface area contributed by atoms with Crippen molar-refractivity contribution in [3.05, 3.63) is 23.7 Å². The van der Waals surface area contributed by atoms with E-state index in [1.54, 1.807) is 35.7 Å². The summed E-state index contributed by atoms with van der Waals surface area (Å²) in [5.74, 6) is 1.04. The van der Waals surface area contributed by atoms with Gasteiger partial charge in [0.1, 0.15) is 11.6 Å². The second-order valence-corrected chi connectivity index (χ2v) is 4.35. The molecule has 0 bridgehead atoms. The van der Waals surface area contributed by atoms with Crippen molar-refractivity contribution in [3.8, 4) is 17.7 Å². The Labute approximate surface area is 105 Å². The Hall–Kier alpha value is -2.29. The summed E-state index contributed by atoms with van der Waals surface area (Å²) in [6.45, 7) is 5.85. The number of hydrogen-bond donors (Lipinski definition) is 0. The van der Waals surface area contributed by atoms with Crippen LogP contribution >= 0.6 is 0 Å². The molecule has 2 aromatic heterocycles.